The third-order valence-corrected chi connectivity index (χ3v) is 5.58. The fraction of sp³-hybridized carbons (Fsp3) is 0.467. The van der Waals surface area contributed by atoms with Gasteiger partial charge in [0.15, 0.2) is 9.84 Å². The fourth-order valence-corrected chi connectivity index (χ4v) is 4.04. The molecule has 2 atom stereocenters. The zero-order valence-corrected chi connectivity index (χ0v) is 13.4. The van der Waals surface area contributed by atoms with Crippen molar-refractivity contribution >= 4 is 21.7 Å². The standard InChI is InChI=1S/C15H18FNO5S/c1-10(11-2-4-12(16)5-3-11)8-14(18)17-6-7-23(21,22)9-13(17)15(19)20/h2-5,10,13H,6-9H2,1H3,(H,19,20). The molecule has 1 heterocycles. The third-order valence-electron chi connectivity index (χ3n) is 3.96. The van der Waals surface area contributed by atoms with E-state index in [1.807, 2.05) is 0 Å². The Morgan fingerprint density at radius 1 is 1.35 bits per heavy atom. The van der Waals surface area contributed by atoms with Crippen molar-refractivity contribution in [2.45, 2.75) is 25.3 Å². The molecule has 0 spiro atoms. The van der Waals surface area contributed by atoms with Crippen LogP contribution in [0.4, 0.5) is 4.39 Å². The van der Waals surface area contributed by atoms with Crippen LogP contribution >= 0.6 is 0 Å². The maximum absolute atomic E-state index is 12.9. The third kappa shape index (κ3) is 4.28. The second-order valence-electron chi connectivity index (χ2n) is 5.71. The highest BCUT2D eigenvalue weighted by molar-refractivity contribution is 7.91. The number of halogens is 1. The first kappa shape index (κ1) is 17.4. The number of sulfone groups is 1. The molecule has 0 saturated carbocycles. The minimum Gasteiger partial charge on any atom is -0.480 e. The average molecular weight is 343 g/mol. The molecule has 1 saturated heterocycles. The minimum absolute atomic E-state index is 0.0372. The Kier molecular flexibility index (Phi) is 5.03. The number of hydrogen-bond acceptors (Lipinski definition) is 4. The minimum atomic E-state index is -3.45. The van der Waals surface area contributed by atoms with Crippen molar-refractivity contribution in [2.75, 3.05) is 18.1 Å². The fourth-order valence-electron chi connectivity index (χ4n) is 2.60. The Labute approximate surface area is 133 Å². The molecule has 0 aromatic heterocycles. The number of benzene rings is 1. The summed E-state index contributed by atoms with van der Waals surface area (Å²) < 4.78 is 36.1. The molecule has 1 aromatic rings. The molecule has 23 heavy (non-hydrogen) atoms. The Bertz CT molecular complexity index is 701. The quantitative estimate of drug-likeness (QED) is 0.881. The SMILES string of the molecule is CC(CC(=O)N1CCS(=O)(=O)CC1C(=O)O)c1ccc(F)cc1. The van der Waals surface area contributed by atoms with Crippen molar-refractivity contribution in [1.82, 2.24) is 4.90 Å². The largest absolute Gasteiger partial charge is 0.480 e. The Morgan fingerprint density at radius 2 is 1.96 bits per heavy atom. The number of carbonyl (C=O) groups is 2. The van der Waals surface area contributed by atoms with Gasteiger partial charge >= 0.3 is 5.97 Å². The summed E-state index contributed by atoms with van der Waals surface area (Å²) >= 11 is 0. The normalized spacial score (nSPS) is 21.7. The van der Waals surface area contributed by atoms with Crippen LogP contribution < -0.4 is 0 Å². The average Bonchev–Trinajstić information content (AvgIpc) is 2.46. The van der Waals surface area contributed by atoms with Gasteiger partial charge in [0.25, 0.3) is 0 Å². The second-order valence-corrected chi connectivity index (χ2v) is 7.94. The van der Waals surface area contributed by atoms with Crippen LogP contribution in [0, 0.1) is 5.82 Å². The van der Waals surface area contributed by atoms with Gasteiger partial charge in [0, 0.05) is 13.0 Å². The summed E-state index contributed by atoms with van der Waals surface area (Å²) in [6.45, 7) is 1.66. The molecule has 2 rings (SSSR count). The van der Waals surface area contributed by atoms with E-state index in [9.17, 15) is 27.5 Å². The smallest absolute Gasteiger partial charge is 0.327 e. The van der Waals surface area contributed by atoms with E-state index in [2.05, 4.69) is 0 Å². The van der Waals surface area contributed by atoms with Gasteiger partial charge < -0.3 is 10.0 Å². The molecule has 2 unspecified atom stereocenters. The number of rotatable bonds is 4. The van der Waals surface area contributed by atoms with Crippen molar-refractivity contribution in [2.24, 2.45) is 0 Å². The number of carboxylic acids is 1. The van der Waals surface area contributed by atoms with E-state index >= 15 is 0 Å². The lowest BCUT2D eigenvalue weighted by Gasteiger charge is -2.33. The zero-order chi connectivity index (χ0) is 17.2. The highest BCUT2D eigenvalue weighted by Gasteiger charge is 2.38. The van der Waals surface area contributed by atoms with Crippen molar-refractivity contribution in [3.8, 4) is 0 Å². The summed E-state index contributed by atoms with van der Waals surface area (Å²) in [5.74, 6) is -3.12. The van der Waals surface area contributed by atoms with Crippen LogP contribution in [0.1, 0.15) is 24.8 Å². The first-order valence-corrected chi connectivity index (χ1v) is 9.00. The summed E-state index contributed by atoms with van der Waals surface area (Å²) in [6, 6.07) is 4.39. The molecule has 0 bridgehead atoms. The predicted molar refractivity (Wildman–Crippen MR) is 81.2 cm³/mol. The molecule has 0 aliphatic carbocycles. The van der Waals surface area contributed by atoms with E-state index in [1.54, 1.807) is 19.1 Å². The van der Waals surface area contributed by atoms with E-state index in [4.69, 9.17) is 0 Å². The zero-order valence-electron chi connectivity index (χ0n) is 12.6. The molecule has 1 amide bonds. The predicted octanol–water partition coefficient (Wildman–Crippen LogP) is 1.03. The van der Waals surface area contributed by atoms with Gasteiger partial charge in [-0.1, -0.05) is 19.1 Å². The van der Waals surface area contributed by atoms with Gasteiger partial charge in [-0.25, -0.2) is 17.6 Å². The lowest BCUT2D eigenvalue weighted by molar-refractivity contribution is -0.149. The van der Waals surface area contributed by atoms with Gasteiger partial charge in [0.05, 0.1) is 11.5 Å². The number of amides is 1. The van der Waals surface area contributed by atoms with Crippen LogP contribution in [0.3, 0.4) is 0 Å². The van der Waals surface area contributed by atoms with E-state index < -0.39 is 33.5 Å². The molecule has 8 heteroatoms. The first-order valence-electron chi connectivity index (χ1n) is 7.18. The highest BCUT2D eigenvalue weighted by Crippen LogP contribution is 2.22. The van der Waals surface area contributed by atoms with Crippen LogP contribution in [-0.2, 0) is 19.4 Å². The summed E-state index contributed by atoms with van der Waals surface area (Å²) in [5, 5.41) is 9.17. The van der Waals surface area contributed by atoms with Crippen LogP contribution in [0.25, 0.3) is 0 Å². The van der Waals surface area contributed by atoms with Gasteiger partial charge in [0.2, 0.25) is 5.91 Å². The summed E-state index contributed by atoms with van der Waals surface area (Å²) in [7, 11) is -3.45. The van der Waals surface area contributed by atoms with Crippen molar-refractivity contribution in [3.05, 3.63) is 35.6 Å². The maximum Gasteiger partial charge on any atom is 0.327 e. The molecule has 1 N–H and O–H groups in total. The lowest BCUT2D eigenvalue weighted by atomic mass is 9.97. The lowest BCUT2D eigenvalue weighted by Crippen LogP contribution is -2.54. The molecular formula is C15H18FNO5S. The van der Waals surface area contributed by atoms with Gasteiger partial charge in [-0.2, -0.15) is 0 Å². The van der Waals surface area contributed by atoms with Crippen molar-refractivity contribution < 1.29 is 27.5 Å². The van der Waals surface area contributed by atoms with Crippen LogP contribution in [0.15, 0.2) is 24.3 Å². The molecule has 1 aliphatic heterocycles. The number of nitrogens with zero attached hydrogens (tertiary/aromatic N) is 1. The molecule has 1 aromatic carbocycles. The molecule has 1 aliphatic rings. The number of carboxylic acid groups (broad SMARTS) is 1. The monoisotopic (exact) mass is 343 g/mol. The number of carbonyl (C=O) groups excluding carboxylic acids is 1. The van der Waals surface area contributed by atoms with E-state index in [0.29, 0.717) is 0 Å². The summed E-state index contributed by atoms with van der Waals surface area (Å²) in [4.78, 5) is 24.7. The highest BCUT2D eigenvalue weighted by atomic mass is 32.2. The molecule has 1 fully saturated rings. The van der Waals surface area contributed by atoms with Gasteiger partial charge in [0.1, 0.15) is 11.9 Å². The second kappa shape index (κ2) is 6.66. The maximum atomic E-state index is 12.9. The molecule has 0 radical (unpaired) electrons. The summed E-state index contributed by atoms with van der Waals surface area (Å²) in [5.41, 5.74) is 0.760. The van der Waals surface area contributed by atoms with E-state index in [-0.39, 0.29) is 30.5 Å². The Hall–Kier alpha value is -1.96. The molecular weight excluding hydrogens is 325 g/mol. The van der Waals surface area contributed by atoms with E-state index in [1.165, 1.54) is 12.1 Å². The van der Waals surface area contributed by atoms with Crippen LogP contribution in [0.2, 0.25) is 0 Å². The van der Waals surface area contributed by atoms with Gasteiger partial charge in [-0.3, -0.25) is 4.79 Å². The first-order chi connectivity index (χ1) is 10.7. The van der Waals surface area contributed by atoms with Crippen molar-refractivity contribution in [1.29, 1.82) is 0 Å². The van der Waals surface area contributed by atoms with Crippen LogP contribution in [-0.4, -0.2) is 54.4 Å². The number of hydrogen-bond donors (Lipinski definition) is 1. The van der Waals surface area contributed by atoms with Crippen molar-refractivity contribution in [3.63, 3.8) is 0 Å². The molecule has 6 nitrogen and oxygen atoms in total. The Morgan fingerprint density at radius 3 is 2.52 bits per heavy atom. The van der Waals surface area contributed by atoms with Crippen LogP contribution in [0.5, 0.6) is 0 Å². The summed E-state index contributed by atoms with van der Waals surface area (Å²) in [6.07, 6.45) is 0.0372. The van der Waals surface area contributed by atoms with Gasteiger partial charge in [-0.15, -0.1) is 0 Å². The van der Waals surface area contributed by atoms with E-state index in [0.717, 1.165) is 10.5 Å². The Balaban J connectivity index is 2.09. The van der Waals surface area contributed by atoms with Gasteiger partial charge in [-0.05, 0) is 23.6 Å². The molecule has 126 valence electrons. The number of aliphatic carboxylic acids is 1. The topological polar surface area (TPSA) is 91.8 Å².